The van der Waals surface area contributed by atoms with Gasteiger partial charge in [-0.15, -0.1) is 5.10 Å². The number of hydrogen-bond acceptors (Lipinski definition) is 7. The zero-order chi connectivity index (χ0) is 29.4. The molecule has 0 aliphatic heterocycles. The molecule has 3 aromatic rings. The van der Waals surface area contributed by atoms with Crippen LogP contribution >= 0.6 is 0 Å². The van der Waals surface area contributed by atoms with Gasteiger partial charge in [0.2, 0.25) is 0 Å². The van der Waals surface area contributed by atoms with Gasteiger partial charge in [-0.3, -0.25) is 9.67 Å². The number of anilines is 2. The average Bonchev–Trinajstić information content (AvgIpc) is 3.25. The predicted octanol–water partition coefficient (Wildman–Crippen LogP) is 6.05. The van der Waals surface area contributed by atoms with Crippen molar-refractivity contribution >= 4 is 23.2 Å². The first-order valence-corrected chi connectivity index (χ1v) is 12.1. The second-order valence-corrected chi connectivity index (χ2v) is 8.87. The number of aliphatic hydroxyl groups excluding tert-OH is 1. The average molecular weight is 559 g/mol. The second-order valence-electron chi connectivity index (χ2n) is 8.87. The van der Waals surface area contributed by atoms with Crippen LogP contribution in [0.2, 0.25) is 0 Å². The minimum atomic E-state index is -4.53. The number of hydrogen-bond donors (Lipinski definition) is 3. The largest absolute Gasteiger partial charge is 0.478 e. The number of allylic oxidation sites excluding steroid dienone is 3. The van der Waals surface area contributed by atoms with E-state index in [-0.39, 0.29) is 24.5 Å². The molecule has 0 saturated heterocycles. The maximum atomic E-state index is 15.0. The monoisotopic (exact) mass is 558 g/mol. The number of aliphatic imine (C=N–C) groups is 1. The molecular weight excluding hydrogens is 528 g/mol. The van der Waals surface area contributed by atoms with E-state index in [2.05, 4.69) is 38.9 Å². The summed E-state index contributed by atoms with van der Waals surface area (Å²) in [6.07, 6.45) is 1.83. The fraction of sp³-hybridized carbons (Fsp3) is 0.250. The Kier molecular flexibility index (Phi) is 9.83. The zero-order valence-corrected chi connectivity index (χ0v) is 22.3. The number of alkyl halides is 3. The quantitative estimate of drug-likeness (QED) is 0.185. The Balaban J connectivity index is 1.65. The number of ether oxygens (including phenoxy) is 1. The van der Waals surface area contributed by atoms with E-state index in [1.54, 1.807) is 38.3 Å². The van der Waals surface area contributed by atoms with E-state index in [0.717, 1.165) is 12.3 Å². The number of rotatable bonds is 12. The van der Waals surface area contributed by atoms with Gasteiger partial charge in [-0.1, -0.05) is 31.4 Å². The highest BCUT2D eigenvalue weighted by atomic mass is 19.4. The number of nitrogens with zero attached hydrogens (tertiary/aromatic N) is 4. The van der Waals surface area contributed by atoms with Crippen molar-refractivity contribution in [2.75, 3.05) is 17.7 Å². The normalized spacial score (nSPS) is 12.8. The van der Waals surface area contributed by atoms with E-state index in [9.17, 15) is 22.7 Å². The van der Waals surface area contributed by atoms with Crippen molar-refractivity contribution in [2.24, 2.45) is 4.99 Å². The summed E-state index contributed by atoms with van der Waals surface area (Å²) in [6, 6.07) is 5.54. The van der Waals surface area contributed by atoms with Crippen LogP contribution in [0.1, 0.15) is 30.5 Å². The molecule has 12 heteroatoms. The van der Waals surface area contributed by atoms with E-state index >= 15 is 0 Å². The molecule has 0 bridgehead atoms. The van der Waals surface area contributed by atoms with E-state index in [0.29, 0.717) is 34.0 Å². The van der Waals surface area contributed by atoms with Gasteiger partial charge in [0.05, 0.1) is 43.4 Å². The van der Waals surface area contributed by atoms with Gasteiger partial charge in [0.25, 0.3) is 5.88 Å². The fourth-order valence-corrected chi connectivity index (χ4v) is 3.67. The molecule has 3 rings (SSSR count). The fourth-order valence-electron chi connectivity index (χ4n) is 3.67. The van der Waals surface area contributed by atoms with Crippen LogP contribution in [0.5, 0.6) is 5.88 Å². The number of methoxy groups -OCH3 is 1. The molecule has 0 radical (unpaired) electrons. The molecule has 8 nitrogen and oxygen atoms in total. The summed E-state index contributed by atoms with van der Waals surface area (Å²) >= 11 is 0. The number of aliphatic hydroxyl groups is 1. The van der Waals surface area contributed by atoms with Crippen molar-refractivity contribution in [1.29, 1.82) is 0 Å². The summed E-state index contributed by atoms with van der Waals surface area (Å²) in [6.45, 7) is 11.4. The molecule has 0 unspecified atom stereocenters. The van der Waals surface area contributed by atoms with Crippen LogP contribution in [0.25, 0.3) is 5.57 Å². The summed E-state index contributed by atoms with van der Waals surface area (Å²) in [5.74, 6) is 0.0710. The third-order valence-corrected chi connectivity index (χ3v) is 5.50. The molecule has 2 aromatic heterocycles. The van der Waals surface area contributed by atoms with E-state index in [4.69, 9.17) is 4.74 Å². The SMILES string of the molecule is C=C(Cc1ccc(/C(C=NC(=C)Nc2cn(C[C@H](C)O)nc2OC)=C/C)cc1F)Nc1cncc(C(F)(F)F)c1. The van der Waals surface area contributed by atoms with Gasteiger partial charge in [0.15, 0.2) is 0 Å². The molecule has 0 aliphatic rings. The minimum absolute atomic E-state index is 0.0485. The molecule has 3 N–H and O–H groups in total. The molecule has 40 heavy (non-hydrogen) atoms. The van der Waals surface area contributed by atoms with Crippen LogP contribution in [-0.4, -0.2) is 39.3 Å². The summed E-state index contributed by atoms with van der Waals surface area (Å²) in [5, 5.41) is 19.5. The van der Waals surface area contributed by atoms with Crippen LogP contribution in [0, 0.1) is 5.82 Å². The Morgan fingerprint density at radius 3 is 2.60 bits per heavy atom. The van der Waals surface area contributed by atoms with Gasteiger partial charge in [0.1, 0.15) is 17.3 Å². The number of halogens is 4. The highest BCUT2D eigenvalue weighted by molar-refractivity contribution is 6.10. The highest BCUT2D eigenvalue weighted by Crippen LogP contribution is 2.30. The first kappa shape index (κ1) is 30.1. The van der Waals surface area contributed by atoms with Crippen molar-refractivity contribution in [3.05, 3.63) is 96.1 Å². The molecular formula is C28H30F4N6O2. The van der Waals surface area contributed by atoms with E-state index < -0.39 is 23.7 Å². The van der Waals surface area contributed by atoms with Gasteiger partial charge >= 0.3 is 6.18 Å². The lowest BCUT2D eigenvalue weighted by Gasteiger charge is -2.13. The third-order valence-electron chi connectivity index (χ3n) is 5.50. The summed E-state index contributed by atoms with van der Waals surface area (Å²) < 4.78 is 60.5. The van der Waals surface area contributed by atoms with Gasteiger partial charge in [-0.05, 0) is 42.7 Å². The highest BCUT2D eigenvalue weighted by Gasteiger charge is 2.31. The topological polar surface area (TPSA) is 96.6 Å². The Bertz CT molecular complexity index is 1430. The minimum Gasteiger partial charge on any atom is -0.478 e. The number of benzene rings is 1. The number of aromatic nitrogens is 3. The van der Waals surface area contributed by atoms with Gasteiger partial charge in [0, 0.05) is 24.5 Å². The van der Waals surface area contributed by atoms with Crippen LogP contribution in [-0.2, 0) is 19.1 Å². The lowest BCUT2D eigenvalue weighted by Crippen LogP contribution is -2.11. The summed E-state index contributed by atoms with van der Waals surface area (Å²) in [7, 11) is 1.47. The van der Waals surface area contributed by atoms with E-state index in [1.807, 2.05) is 0 Å². The van der Waals surface area contributed by atoms with Crippen LogP contribution in [0.4, 0.5) is 28.9 Å². The molecule has 1 aromatic carbocycles. The Hall–Kier alpha value is -4.45. The lowest BCUT2D eigenvalue weighted by atomic mass is 10.0. The van der Waals surface area contributed by atoms with Crippen molar-refractivity contribution in [1.82, 2.24) is 14.8 Å². The zero-order valence-electron chi connectivity index (χ0n) is 22.3. The van der Waals surface area contributed by atoms with Crippen molar-refractivity contribution in [3.63, 3.8) is 0 Å². The smallest absolute Gasteiger partial charge is 0.417 e. The number of nitrogens with one attached hydrogen (secondary N) is 2. The third kappa shape index (κ3) is 8.27. The molecule has 0 aliphatic carbocycles. The van der Waals surface area contributed by atoms with Gasteiger partial charge in [-0.25, -0.2) is 9.38 Å². The van der Waals surface area contributed by atoms with Crippen molar-refractivity contribution in [2.45, 2.75) is 39.1 Å². The molecule has 212 valence electrons. The molecule has 1 atom stereocenters. The van der Waals surface area contributed by atoms with Crippen LogP contribution < -0.4 is 15.4 Å². The van der Waals surface area contributed by atoms with Crippen LogP contribution in [0.3, 0.4) is 0 Å². The Labute approximate surface area is 229 Å². The maximum Gasteiger partial charge on any atom is 0.417 e. The van der Waals surface area contributed by atoms with Crippen LogP contribution in [0.15, 0.2) is 78.6 Å². The van der Waals surface area contributed by atoms with E-state index in [1.165, 1.54) is 30.3 Å². The second kappa shape index (κ2) is 13.1. The first-order chi connectivity index (χ1) is 18.9. The lowest BCUT2D eigenvalue weighted by molar-refractivity contribution is -0.137. The molecule has 0 fully saturated rings. The molecule has 0 saturated carbocycles. The molecule has 0 spiro atoms. The number of pyridine rings is 1. The first-order valence-electron chi connectivity index (χ1n) is 12.1. The molecule has 2 heterocycles. The standard InChI is InChI=1S/C28H30F4N6O2/c1-6-20(12-34-19(4)36-26-16-38(15-18(3)39)37-27(26)40-5)21-7-8-22(25(29)10-21)9-17(2)35-24-11-23(13-33-14-24)28(30,31)32/h6-8,10-14,16,18,35-36,39H,2,4,9,15H2,1,3,5H3/b20-6+,34-12?/t18-/m0/s1. The maximum absolute atomic E-state index is 15.0. The summed E-state index contributed by atoms with van der Waals surface area (Å²) in [4.78, 5) is 7.91. The Morgan fingerprint density at radius 2 is 1.98 bits per heavy atom. The summed E-state index contributed by atoms with van der Waals surface area (Å²) in [5.41, 5.74) is 1.50. The molecule has 0 amide bonds. The van der Waals surface area contributed by atoms with Crippen molar-refractivity contribution < 1.29 is 27.4 Å². The van der Waals surface area contributed by atoms with Gasteiger partial charge in [-0.2, -0.15) is 13.2 Å². The predicted molar refractivity (Wildman–Crippen MR) is 147 cm³/mol. The van der Waals surface area contributed by atoms with Gasteiger partial charge < -0.3 is 20.5 Å². The van der Waals surface area contributed by atoms with Crippen molar-refractivity contribution in [3.8, 4) is 5.88 Å². The Morgan fingerprint density at radius 1 is 1.23 bits per heavy atom.